The monoisotopic (exact) mass is 235 g/mol. The van der Waals surface area contributed by atoms with Crippen molar-refractivity contribution in [3.63, 3.8) is 0 Å². The first-order valence-corrected chi connectivity index (χ1v) is 5.83. The summed E-state index contributed by atoms with van der Waals surface area (Å²) in [7, 11) is 0. The van der Waals surface area contributed by atoms with E-state index in [2.05, 4.69) is 12.1 Å². The zero-order valence-electron chi connectivity index (χ0n) is 9.80. The lowest BCUT2D eigenvalue weighted by Crippen LogP contribution is -1.88. The quantitative estimate of drug-likeness (QED) is 0.498. The molecular weight excluding hydrogens is 222 g/mol. The molecule has 0 aromatic heterocycles. The number of hydrogen-bond donors (Lipinski definition) is 2. The van der Waals surface area contributed by atoms with Crippen molar-refractivity contribution in [3.05, 3.63) is 60.7 Å². The van der Waals surface area contributed by atoms with Crippen LogP contribution in [0.15, 0.2) is 60.7 Å². The molecule has 18 heavy (non-hydrogen) atoms. The minimum Gasteiger partial charge on any atom is -0.505 e. The fourth-order valence-electron chi connectivity index (χ4n) is 2.24. The van der Waals surface area contributed by atoms with E-state index < -0.39 is 0 Å². The Morgan fingerprint density at radius 3 is 2.28 bits per heavy atom. The third-order valence-corrected chi connectivity index (χ3v) is 3.15. The van der Waals surface area contributed by atoms with Gasteiger partial charge >= 0.3 is 0 Å². The Morgan fingerprint density at radius 2 is 1.39 bits per heavy atom. The second kappa shape index (κ2) is 4.08. The molecule has 2 heteroatoms. The van der Waals surface area contributed by atoms with Crippen molar-refractivity contribution in [2.45, 2.75) is 0 Å². The van der Waals surface area contributed by atoms with Crippen LogP contribution in [0.25, 0.3) is 21.9 Å². The van der Waals surface area contributed by atoms with Gasteiger partial charge in [0.1, 0.15) is 5.75 Å². The van der Waals surface area contributed by atoms with Gasteiger partial charge in [0, 0.05) is 5.56 Å². The van der Waals surface area contributed by atoms with Crippen molar-refractivity contribution in [2.75, 3.05) is 5.73 Å². The molecule has 0 amide bonds. The van der Waals surface area contributed by atoms with E-state index in [1.807, 2.05) is 42.5 Å². The van der Waals surface area contributed by atoms with E-state index in [9.17, 15) is 5.11 Å². The van der Waals surface area contributed by atoms with Crippen molar-refractivity contribution in [1.82, 2.24) is 0 Å². The number of nitrogen functional groups attached to an aromatic ring is 1. The van der Waals surface area contributed by atoms with Gasteiger partial charge in [-0.25, -0.2) is 0 Å². The van der Waals surface area contributed by atoms with Crippen molar-refractivity contribution in [1.29, 1.82) is 0 Å². The molecule has 3 aromatic carbocycles. The SMILES string of the molecule is Nc1cccc(-c2cccc3ccccc23)c1O. The second-order valence-corrected chi connectivity index (χ2v) is 4.27. The summed E-state index contributed by atoms with van der Waals surface area (Å²) >= 11 is 0. The number of anilines is 1. The lowest BCUT2D eigenvalue weighted by molar-refractivity contribution is 0.480. The van der Waals surface area contributed by atoms with E-state index in [1.54, 1.807) is 6.07 Å². The van der Waals surface area contributed by atoms with Crippen molar-refractivity contribution < 1.29 is 5.11 Å². The molecule has 3 rings (SSSR count). The highest BCUT2D eigenvalue weighted by Crippen LogP contribution is 2.37. The van der Waals surface area contributed by atoms with E-state index >= 15 is 0 Å². The average Bonchev–Trinajstić information content (AvgIpc) is 2.41. The molecule has 0 fully saturated rings. The Bertz CT molecular complexity index is 714. The highest BCUT2D eigenvalue weighted by Gasteiger charge is 2.09. The topological polar surface area (TPSA) is 46.2 Å². The molecule has 0 atom stereocenters. The Hall–Kier alpha value is -2.48. The first kappa shape index (κ1) is 10.7. The highest BCUT2D eigenvalue weighted by atomic mass is 16.3. The minimum absolute atomic E-state index is 0.147. The number of nitrogens with two attached hydrogens (primary N) is 1. The molecule has 0 unspecified atom stereocenters. The van der Waals surface area contributed by atoms with Crippen LogP contribution in [0.4, 0.5) is 5.69 Å². The number of para-hydroxylation sites is 1. The summed E-state index contributed by atoms with van der Waals surface area (Å²) in [5, 5.41) is 12.3. The molecule has 0 aliphatic carbocycles. The third-order valence-electron chi connectivity index (χ3n) is 3.15. The molecule has 0 aliphatic rings. The zero-order valence-corrected chi connectivity index (χ0v) is 9.80. The molecule has 0 saturated heterocycles. The molecule has 0 saturated carbocycles. The van der Waals surface area contributed by atoms with Gasteiger partial charge in [0.05, 0.1) is 5.69 Å². The summed E-state index contributed by atoms with van der Waals surface area (Å²) in [6.07, 6.45) is 0. The lowest BCUT2D eigenvalue weighted by Gasteiger charge is -2.10. The van der Waals surface area contributed by atoms with Gasteiger partial charge in [-0.05, 0) is 22.4 Å². The molecule has 0 spiro atoms. The van der Waals surface area contributed by atoms with Crippen LogP contribution >= 0.6 is 0 Å². The lowest BCUT2D eigenvalue weighted by atomic mass is 9.97. The second-order valence-electron chi connectivity index (χ2n) is 4.27. The first-order valence-electron chi connectivity index (χ1n) is 5.83. The van der Waals surface area contributed by atoms with E-state index in [0.717, 1.165) is 21.9 Å². The van der Waals surface area contributed by atoms with Crippen LogP contribution in [0, 0.1) is 0 Å². The van der Waals surface area contributed by atoms with Crippen molar-refractivity contribution in [2.24, 2.45) is 0 Å². The van der Waals surface area contributed by atoms with Crippen LogP contribution in [0.2, 0.25) is 0 Å². The van der Waals surface area contributed by atoms with Crippen LogP contribution in [-0.2, 0) is 0 Å². The molecule has 0 heterocycles. The molecule has 2 nitrogen and oxygen atoms in total. The molecule has 3 aromatic rings. The van der Waals surface area contributed by atoms with E-state index in [1.165, 1.54) is 0 Å². The predicted octanol–water partition coefficient (Wildman–Crippen LogP) is 3.79. The molecule has 0 aliphatic heterocycles. The molecule has 88 valence electrons. The summed E-state index contributed by atoms with van der Waals surface area (Å²) in [6, 6.07) is 19.6. The summed E-state index contributed by atoms with van der Waals surface area (Å²) in [5.41, 5.74) is 7.92. The van der Waals surface area contributed by atoms with Gasteiger partial charge in [-0.3, -0.25) is 0 Å². The van der Waals surface area contributed by atoms with Crippen LogP contribution in [0.3, 0.4) is 0 Å². The number of benzene rings is 3. The Balaban J connectivity index is 2.35. The molecule has 3 N–H and O–H groups in total. The normalized spacial score (nSPS) is 10.7. The van der Waals surface area contributed by atoms with Gasteiger partial charge in [0.2, 0.25) is 0 Å². The van der Waals surface area contributed by atoms with E-state index in [-0.39, 0.29) is 5.75 Å². The summed E-state index contributed by atoms with van der Waals surface area (Å²) in [5.74, 6) is 0.147. The number of rotatable bonds is 1. The van der Waals surface area contributed by atoms with Gasteiger partial charge in [-0.2, -0.15) is 0 Å². The fraction of sp³-hybridized carbons (Fsp3) is 0. The molecule has 0 bridgehead atoms. The standard InChI is InChI=1S/C16H13NO/c17-15-10-4-9-14(16(15)18)13-8-3-6-11-5-1-2-7-12(11)13/h1-10,18H,17H2. The minimum atomic E-state index is 0.147. The van der Waals surface area contributed by atoms with Gasteiger partial charge in [0.15, 0.2) is 0 Å². The zero-order chi connectivity index (χ0) is 12.5. The van der Waals surface area contributed by atoms with Gasteiger partial charge < -0.3 is 10.8 Å². The van der Waals surface area contributed by atoms with Crippen LogP contribution < -0.4 is 5.73 Å². The van der Waals surface area contributed by atoms with E-state index in [4.69, 9.17) is 5.73 Å². The number of phenolic OH excluding ortho intramolecular Hbond substituents is 1. The summed E-state index contributed by atoms with van der Waals surface area (Å²) in [6.45, 7) is 0. The Kier molecular flexibility index (Phi) is 2.41. The van der Waals surface area contributed by atoms with Crippen LogP contribution in [-0.4, -0.2) is 5.11 Å². The maximum absolute atomic E-state index is 10.1. The van der Waals surface area contributed by atoms with E-state index in [0.29, 0.717) is 5.69 Å². The predicted molar refractivity (Wildman–Crippen MR) is 75.5 cm³/mol. The van der Waals surface area contributed by atoms with Gasteiger partial charge in [0.25, 0.3) is 0 Å². The first-order chi connectivity index (χ1) is 8.77. The number of fused-ring (bicyclic) bond motifs is 1. The maximum Gasteiger partial charge on any atom is 0.146 e. The van der Waals surface area contributed by atoms with Crippen molar-refractivity contribution in [3.8, 4) is 16.9 Å². The Morgan fingerprint density at radius 1 is 0.722 bits per heavy atom. The number of aromatic hydroxyl groups is 1. The molecule has 0 radical (unpaired) electrons. The number of phenols is 1. The van der Waals surface area contributed by atoms with Gasteiger partial charge in [-0.1, -0.05) is 54.6 Å². The summed E-state index contributed by atoms with van der Waals surface area (Å²) < 4.78 is 0. The smallest absolute Gasteiger partial charge is 0.146 e. The van der Waals surface area contributed by atoms with Gasteiger partial charge in [-0.15, -0.1) is 0 Å². The van der Waals surface area contributed by atoms with Crippen LogP contribution in [0.5, 0.6) is 5.75 Å². The number of hydrogen-bond acceptors (Lipinski definition) is 2. The summed E-state index contributed by atoms with van der Waals surface area (Å²) in [4.78, 5) is 0. The molecular formula is C16H13NO. The van der Waals surface area contributed by atoms with Crippen molar-refractivity contribution >= 4 is 16.5 Å². The third kappa shape index (κ3) is 1.59. The highest BCUT2D eigenvalue weighted by molar-refractivity contribution is 5.98. The Labute approximate surface area is 105 Å². The maximum atomic E-state index is 10.1. The fourth-order valence-corrected chi connectivity index (χ4v) is 2.24. The largest absolute Gasteiger partial charge is 0.505 e. The average molecular weight is 235 g/mol. The van der Waals surface area contributed by atoms with Crippen LogP contribution in [0.1, 0.15) is 0 Å².